The fraction of sp³-hybridized carbons (Fsp3) is 0.652. The number of aliphatic carboxylic acids is 1. The van der Waals surface area contributed by atoms with Crippen LogP contribution in [-0.4, -0.2) is 87.4 Å². The molecule has 0 spiro atoms. The molecule has 0 radical (unpaired) electrons. The van der Waals surface area contributed by atoms with E-state index in [-0.39, 0.29) is 38.6 Å². The van der Waals surface area contributed by atoms with Gasteiger partial charge in [-0.2, -0.15) is 0 Å². The molecule has 426 valence electrons. The van der Waals surface area contributed by atoms with Crippen LogP contribution in [0.3, 0.4) is 0 Å². The summed E-state index contributed by atoms with van der Waals surface area (Å²) in [7, 11) is 5.94. The number of quaternary nitrogens is 1. The SMILES string of the molecule is CC/C=C\C/C=C\C/C=C\C/C=C\C/C=C\C/C=C\C/C=C\C/C=C\CCCCC(=O)OC(COC(=O)CCCCCCCCCCCCC/C=C\C/C=C\CCCCCCC)COC(OCC[N+](C)(C)C)C(=O)O. The van der Waals surface area contributed by atoms with Gasteiger partial charge in [0, 0.05) is 12.8 Å². The topological polar surface area (TPSA) is 108 Å². The van der Waals surface area contributed by atoms with Gasteiger partial charge >= 0.3 is 17.9 Å². The molecule has 9 heteroatoms. The van der Waals surface area contributed by atoms with E-state index in [1.807, 2.05) is 21.1 Å². The molecule has 1 N–H and O–H groups in total. The number of ether oxygens (including phenoxy) is 4. The number of unbranched alkanes of at least 4 members (excludes halogenated alkanes) is 18. The second kappa shape index (κ2) is 55.9. The van der Waals surface area contributed by atoms with E-state index in [4.69, 9.17) is 18.9 Å². The van der Waals surface area contributed by atoms with Crippen molar-refractivity contribution in [2.75, 3.05) is 47.5 Å². The van der Waals surface area contributed by atoms with Crippen molar-refractivity contribution < 1.29 is 42.9 Å². The van der Waals surface area contributed by atoms with Gasteiger partial charge in [-0.3, -0.25) is 9.59 Å². The zero-order chi connectivity index (χ0) is 54.8. The van der Waals surface area contributed by atoms with Gasteiger partial charge in [0.15, 0.2) is 6.10 Å². The van der Waals surface area contributed by atoms with Gasteiger partial charge < -0.3 is 28.5 Å². The van der Waals surface area contributed by atoms with E-state index in [1.165, 1.54) is 96.3 Å². The second-order valence-corrected chi connectivity index (χ2v) is 20.6. The third kappa shape index (κ3) is 57.2. The Morgan fingerprint density at radius 2 is 0.760 bits per heavy atom. The van der Waals surface area contributed by atoms with Crippen molar-refractivity contribution in [3.63, 3.8) is 0 Å². The number of hydrogen-bond acceptors (Lipinski definition) is 7. The third-order valence-corrected chi connectivity index (χ3v) is 12.2. The summed E-state index contributed by atoms with van der Waals surface area (Å²) in [6.07, 6.45) is 75.6. The van der Waals surface area contributed by atoms with Crippen LogP contribution < -0.4 is 0 Å². The lowest BCUT2D eigenvalue weighted by Gasteiger charge is -2.25. The molecule has 2 atom stereocenters. The number of carboxylic acids is 1. The van der Waals surface area contributed by atoms with Crippen molar-refractivity contribution >= 4 is 17.9 Å². The van der Waals surface area contributed by atoms with E-state index in [9.17, 15) is 19.5 Å². The van der Waals surface area contributed by atoms with Gasteiger partial charge in [-0.25, -0.2) is 4.79 Å². The highest BCUT2D eigenvalue weighted by Gasteiger charge is 2.25. The Bertz CT molecular complexity index is 1640. The quantitative estimate of drug-likeness (QED) is 0.0211. The van der Waals surface area contributed by atoms with E-state index in [2.05, 4.69) is 135 Å². The lowest BCUT2D eigenvalue weighted by Crippen LogP contribution is -2.40. The molecular weight excluding hydrogens is 935 g/mol. The molecule has 0 heterocycles. The van der Waals surface area contributed by atoms with Gasteiger partial charge in [0.25, 0.3) is 6.29 Å². The molecule has 0 aromatic rings. The lowest BCUT2D eigenvalue weighted by atomic mass is 10.0. The van der Waals surface area contributed by atoms with E-state index in [1.54, 1.807) is 0 Å². The predicted octanol–water partition coefficient (Wildman–Crippen LogP) is 17.7. The van der Waals surface area contributed by atoms with Gasteiger partial charge in [-0.1, -0.05) is 219 Å². The van der Waals surface area contributed by atoms with Crippen molar-refractivity contribution in [2.45, 2.75) is 232 Å². The highest BCUT2D eigenvalue weighted by Crippen LogP contribution is 2.14. The molecule has 75 heavy (non-hydrogen) atoms. The molecule has 0 amide bonds. The maximum absolute atomic E-state index is 12.9. The monoisotopic (exact) mass is 1040 g/mol. The second-order valence-electron chi connectivity index (χ2n) is 20.6. The molecule has 0 saturated carbocycles. The number of carbonyl (C=O) groups is 3. The average molecular weight is 1050 g/mol. The first kappa shape index (κ1) is 70.7. The Hall–Kier alpha value is -4.31. The molecule has 0 rings (SSSR count). The molecular formula is C66H110NO8+. The van der Waals surface area contributed by atoms with Crippen LogP contribution in [0.5, 0.6) is 0 Å². The molecule has 0 aromatic carbocycles. The number of rotatable bonds is 53. The zero-order valence-corrected chi connectivity index (χ0v) is 48.4. The Morgan fingerprint density at radius 1 is 0.413 bits per heavy atom. The maximum atomic E-state index is 12.9. The van der Waals surface area contributed by atoms with Crippen LogP contribution in [0.2, 0.25) is 0 Å². The van der Waals surface area contributed by atoms with Crippen LogP contribution >= 0.6 is 0 Å². The minimum atomic E-state index is -1.53. The van der Waals surface area contributed by atoms with E-state index in [0.29, 0.717) is 17.4 Å². The Labute approximate surface area is 459 Å². The summed E-state index contributed by atoms with van der Waals surface area (Å²) in [6.45, 7) is 4.69. The average Bonchev–Trinajstić information content (AvgIpc) is 3.38. The summed E-state index contributed by atoms with van der Waals surface area (Å²) in [5, 5.41) is 9.71. The van der Waals surface area contributed by atoms with Gasteiger partial charge in [-0.15, -0.1) is 0 Å². The normalized spacial score (nSPS) is 13.7. The molecule has 0 aliphatic rings. The highest BCUT2D eigenvalue weighted by molar-refractivity contribution is 5.71. The standard InChI is InChI=1S/C66H109NO8/c1-6-8-10-12-14-16-18-20-22-24-26-28-30-31-32-33-35-37-39-41-43-45-47-49-51-53-55-57-64(69)75-62(61-74-66(65(70)71)72-59-58-67(3,4)5)60-73-63(68)56-54-52-50-48-46-44-42-40-38-36-34-29-27-25-23-21-19-17-15-13-11-9-7-2/h8,10,14,16,19-22,25-28,31-32,35,37,41,43,47,49,62,66H,6-7,9,11-13,15,17-18,23-24,29-30,33-34,36,38-40,42,44-46,48,50-61H2,1-5H3/p+1/b10-8-,16-14-,21-19-,22-20-,27-25-,28-26-,32-31-,37-35-,43-41-,49-47-. The fourth-order valence-electron chi connectivity index (χ4n) is 7.65. The molecule has 9 nitrogen and oxygen atoms in total. The van der Waals surface area contributed by atoms with Crippen molar-refractivity contribution in [3.8, 4) is 0 Å². The largest absolute Gasteiger partial charge is 0.477 e. The number of likely N-dealkylation sites (N-methyl/N-ethyl adjacent to an activating group) is 1. The van der Waals surface area contributed by atoms with Crippen molar-refractivity contribution in [1.29, 1.82) is 0 Å². The number of nitrogens with zero attached hydrogens (tertiary/aromatic N) is 1. The molecule has 0 aromatic heterocycles. The number of esters is 2. The molecule has 0 aliphatic heterocycles. The molecule has 0 fully saturated rings. The van der Waals surface area contributed by atoms with Crippen LogP contribution in [0.25, 0.3) is 0 Å². The minimum absolute atomic E-state index is 0.172. The van der Waals surface area contributed by atoms with Crippen LogP contribution in [0, 0.1) is 0 Å². The van der Waals surface area contributed by atoms with E-state index < -0.39 is 24.3 Å². The van der Waals surface area contributed by atoms with Gasteiger partial charge in [0.1, 0.15) is 13.2 Å². The molecule has 2 unspecified atom stereocenters. The van der Waals surface area contributed by atoms with Crippen LogP contribution in [0.4, 0.5) is 0 Å². The van der Waals surface area contributed by atoms with E-state index >= 15 is 0 Å². The number of carbonyl (C=O) groups excluding carboxylic acids is 2. The Balaban J connectivity index is 4.37. The summed E-state index contributed by atoms with van der Waals surface area (Å²) < 4.78 is 22.8. The Kier molecular flexibility index (Phi) is 52.7. The van der Waals surface area contributed by atoms with Gasteiger partial charge in [-0.05, 0) is 109 Å². The van der Waals surface area contributed by atoms with Crippen molar-refractivity contribution in [3.05, 3.63) is 122 Å². The predicted molar refractivity (Wildman–Crippen MR) is 318 cm³/mol. The highest BCUT2D eigenvalue weighted by atomic mass is 16.7. The lowest BCUT2D eigenvalue weighted by molar-refractivity contribution is -0.870. The van der Waals surface area contributed by atoms with Gasteiger partial charge in [0.05, 0.1) is 34.4 Å². The zero-order valence-electron chi connectivity index (χ0n) is 48.4. The number of allylic oxidation sites excluding steroid dienone is 20. The summed E-state index contributed by atoms with van der Waals surface area (Å²) in [5.41, 5.74) is 0. The first-order valence-corrected chi connectivity index (χ1v) is 29.7. The summed E-state index contributed by atoms with van der Waals surface area (Å²) in [4.78, 5) is 37.4. The van der Waals surface area contributed by atoms with Crippen molar-refractivity contribution in [1.82, 2.24) is 0 Å². The summed E-state index contributed by atoms with van der Waals surface area (Å²) in [6, 6.07) is 0. The summed E-state index contributed by atoms with van der Waals surface area (Å²) in [5.74, 6) is -2.08. The Morgan fingerprint density at radius 3 is 1.16 bits per heavy atom. The first-order chi connectivity index (χ1) is 36.6. The van der Waals surface area contributed by atoms with Crippen molar-refractivity contribution in [2.24, 2.45) is 0 Å². The number of hydrogen-bond donors (Lipinski definition) is 1. The molecule has 0 saturated heterocycles. The van der Waals surface area contributed by atoms with Crippen LogP contribution in [-0.2, 0) is 33.3 Å². The smallest absolute Gasteiger partial charge is 0.361 e. The summed E-state index contributed by atoms with van der Waals surface area (Å²) >= 11 is 0. The van der Waals surface area contributed by atoms with Crippen LogP contribution in [0.1, 0.15) is 219 Å². The van der Waals surface area contributed by atoms with Gasteiger partial charge in [0.2, 0.25) is 0 Å². The molecule has 0 aliphatic carbocycles. The fourth-order valence-corrected chi connectivity index (χ4v) is 7.65. The number of carboxylic acid groups (broad SMARTS) is 1. The first-order valence-electron chi connectivity index (χ1n) is 29.7. The molecule has 0 bridgehead atoms. The van der Waals surface area contributed by atoms with Crippen LogP contribution in [0.15, 0.2) is 122 Å². The minimum Gasteiger partial charge on any atom is -0.477 e. The van der Waals surface area contributed by atoms with E-state index in [0.717, 1.165) is 89.9 Å². The third-order valence-electron chi connectivity index (χ3n) is 12.2. The maximum Gasteiger partial charge on any atom is 0.361 e.